The summed E-state index contributed by atoms with van der Waals surface area (Å²) in [5.41, 5.74) is 2.08. The minimum atomic E-state index is -0.498. The van der Waals surface area contributed by atoms with Gasteiger partial charge in [-0.3, -0.25) is 4.99 Å². The second-order valence-electron chi connectivity index (χ2n) is 4.26. The molecule has 0 bridgehead atoms. The van der Waals surface area contributed by atoms with Gasteiger partial charge in [0, 0.05) is 19.6 Å². The first-order valence-electron chi connectivity index (χ1n) is 6.03. The van der Waals surface area contributed by atoms with Crippen molar-refractivity contribution >= 4 is 29.9 Å². The fourth-order valence-electron chi connectivity index (χ4n) is 1.91. The van der Waals surface area contributed by atoms with Crippen molar-refractivity contribution < 1.29 is 5.11 Å². The Bertz CT molecular complexity index is 409. The number of aliphatic hydroxyl groups is 1. The summed E-state index contributed by atoms with van der Waals surface area (Å²) in [7, 11) is 0. The number of rotatable bonds is 3. The smallest absolute Gasteiger partial charge is 0.191 e. The summed E-state index contributed by atoms with van der Waals surface area (Å²) in [6.45, 7) is 4.30. The van der Waals surface area contributed by atoms with E-state index in [1.54, 1.807) is 0 Å². The fourth-order valence-corrected chi connectivity index (χ4v) is 1.91. The van der Waals surface area contributed by atoms with Crippen molar-refractivity contribution in [3.8, 4) is 0 Å². The highest BCUT2D eigenvalue weighted by Crippen LogP contribution is 2.16. The molecule has 100 valence electrons. The van der Waals surface area contributed by atoms with Crippen molar-refractivity contribution in [2.45, 2.75) is 19.4 Å². The molecule has 5 heteroatoms. The van der Waals surface area contributed by atoms with E-state index in [1.165, 1.54) is 0 Å². The van der Waals surface area contributed by atoms with Crippen LogP contribution in [0.1, 0.15) is 23.7 Å². The second-order valence-corrected chi connectivity index (χ2v) is 4.26. The lowest BCUT2D eigenvalue weighted by molar-refractivity contribution is 0.180. The number of aliphatic imine (C=N–C) groups is 1. The van der Waals surface area contributed by atoms with Crippen LogP contribution in [0.3, 0.4) is 0 Å². The Labute approximate surface area is 125 Å². The van der Waals surface area contributed by atoms with E-state index in [0.717, 1.165) is 36.6 Å². The molecule has 0 saturated carbocycles. The summed E-state index contributed by atoms with van der Waals surface area (Å²) in [4.78, 5) is 4.30. The molecule has 4 nitrogen and oxygen atoms in total. The summed E-state index contributed by atoms with van der Waals surface area (Å²) < 4.78 is 0. The van der Waals surface area contributed by atoms with E-state index in [1.807, 2.05) is 31.2 Å². The summed E-state index contributed by atoms with van der Waals surface area (Å²) >= 11 is 0. The highest BCUT2D eigenvalue weighted by atomic mass is 127. The molecular weight excluding hydrogens is 341 g/mol. The molecule has 0 spiro atoms. The monoisotopic (exact) mass is 361 g/mol. The van der Waals surface area contributed by atoms with Gasteiger partial charge < -0.3 is 15.7 Å². The third-order valence-electron chi connectivity index (χ3n) is 2.91. The van der Waals surface area contributed by atoms with E-state index < -0.39 is 6.10 Å². The van der Waals surface area contributed by atoms with Crippen LogP contribution in [-0.4, -0.2) is 30.7 Å². The number of halogens is 1. The van der Waals surface area contributed by atoms with Gasteiger partial charge in [0.2, 0.25) is 0 Å². The Kier molecular flexibility index (Phi) is 6.42. The number of nitrogens with one attached hydrogen (secondary N) is 2. The molecule has 18 heavy (non-hydrogen) atoms. The van der Waals surface area contributed by atoms with Gasteiger partial charge in [-0.15, -0.1) is 24.0 Å². The van der Waals surface area contributed by atoms with Gasteiger partial charge >= 0.3 is 0 Å². The van der Waals surface area contributed by atoms with E-state index in [0.29, 0.717) is 6.54 Å². The standard InChI is InChI=1S/C13H19N3O.HI/c1-10-5-2-3-6-11(10)12(17)9-16-13-14-7-4-8-15-13;/h2-3,5-6,12,17H,4,7-9H2,1H3,(H2,14,15,16);1H. The summed E-state index contributed by atoms with van der Waals surface area (Å²) in [5, 5.41) is 16.4. The largest absolute Gasteiger partial charge is 0.387 e. The van der Waals surface area contributed by atoms with Crippen LogP contribution in [0.5, 0.6) is 0 Å². The average Bonchev–Trinajstić information content (AvgIpc) is 2.38. The van der Waals surface area contributed by atoms with Gasteiger partial charge in [0.25, 0.3) is 0 Å². The summed E-state index contributed by atoms with van der Waals surface area (Å²) in [6, 6.07) is 7.89. The Morgan fingerprint density at radius 3 is 2.89 bits per heavy atom. The van der Waals surface area contributed by atoms with E-state index in [2.05, 4.69) is 15.6 Å². The molecule has 1 unspecified atom stereocenters. The maximum atomic E-state index is 10.1. The molecule has 1 heterocycles. The number of aliphatic hydroxyl groups excluding tert-OH is 1. The summed E-state index contributed by atoms with van der Waals surface area (Å²) in [5.74, 6) is 0.795. The van der Waals surface area contributed by atoms with Gasteiger partial charge in [0.05, 0.1) is 6.10 Å². The van der Waals surface area contributed by atoms with Crippen LogP contribution in [0.4, 0.5) is 0 Å². The number of guanidine groups is 1. The average molecular weight is 361 g/mol. The number of aryl methyl sites for hydroxylation is 1. The van der Waals surface area contributed by atoms with Crippen molar-refractivity contribution in [1.29, 1.82) is 0 Å². The van der Waals surface area contributed by atoms with E-state index in [-0.39, 0.29) is 24.0 Å². The van der Waals surface area contributed by atoms with E-state index in [9.17, 15) is 5.11 Å². The van der Waals surface area contributed by atoms with Gasteiger partial charge in [-0.2, -0.15) is 0 Å². The molecule has 0 radical (unpaired) electrons. The maximum Gasteiger partial charge on any atom is 0.191 e. The number of nitrogens with zero attached hydrogens (tertiary/aromatic N) is 1. The molecule has 1 atom stereocenters. The predicted octanol–water partition coefficient (Wildman–Crippen LogP) is 1.59. The normalized spacial score (nSPS) is 16.0. The highest BCUT2D eigenvalue weighted by Gasteiger charge is 2.11. The van der Waals surface area contributed by atoms with Gasteiger partial charge in [-0.1, -0.05) is 24.3 Å². The van der Waals surface area contributed by atoms with Crippen LogP contribution in [0.15, 0.2) is 29.3 Å². The van der Waals surface area contributed by atoms with Crippen LogP contribution < -0.4 is 10.6 Å². The van der Waals surface area contributed by atoms with Crippen LogP contribution in [0.25, 0.3) is 0 Å². The predicted molar refractivity (Wildman–Crippen MR) is 84.5 cm³/mol. The van der Waals surface area contributed by atoms with Gasteiger partial charge in [-0.05, 0) is 24.5 Å². The zero-order valence-corrected chi connectivity index (χ0v) is 12.8. The number of hydrogen-bond acceptors (Lipinski definition) is 4. The van der Waals surface area contributed by atoms with Crippen LogP contribution in [0, 0.1) is 6.92 Å². The lowest BCUT2D eigenvalue weighted by Crippen LogP contribution is -2.42. The minimum Gasteiger partial charge on any atom is -0.387 e. The highest BCUT2D eigenvalue weighted by molar-refractivity contribution is 14.0. The molecule has 1 aromatic rings. The van der Waals surface area contributed by atoms with Crippen LogP contribution >= 0.6 is 24.0 Å². The van der Waals surface area contributed by atoms with Gasteiger partial charge in [-0.25, -0.2) is 0 Å². The molecule has 1 aliphatic rings. The Balaban J connectivity index is 0.00000162. The molecule has 1 aromatic carbocycles. The molecule has 2 rings (SSSR count). The quantitative estimate of drug-likeness (QED) is 0.717. The lowest BCUT2D eigenvalue weighted by atomic mass is 10.0. The third-order valence-corrected chi connectivity index (χ3v) is 2.91. The molecule has 3 N–H and O–H groups in total. The maximum absolute atomic E-state index is 10.1. The summed E-state index contributed by atoms with van der Waals surface area (Å²) in [6.07, 6.45) is 0.577. The molecule has 0 aliphatic carbocycles. The zero-order valence-electron chi connectivity index (χ0n) is 10.5. The van der Waals surface area contributed by atoms with Crippen molar-refractivity contribution in [1.82, 2.24) is 10.6 Å². The molecule has 1 aliphatic heterocycles. The van der Waals surface area contributed by atoms with E-state index in [4.69, 9.17) is 0 Å². The molecule has 0 aromatic heterocycles. The van der Waals surface area contributed by atoms with Crippen molar-refractivity contribution in [2.24, 2.45) is 4.99 Å². The molecule has 0 saturated heterocycles. The third kappa shape index (κ3) is 4.13. The van der Waals surface area contributed by atoms with Crippen molar-refractivity contribution in [3.63, 3.8) is 0 Å². The fraction of sp³-hybridized carbons (Fsp3) is 0.462. The second kappa shape index (κ2) is 7.58. The SMILES string of the molecule is Cc1ccccc1C(O)CNC1=NCCCN1.I. The Hall–Kier alpha value is -0.820. The first kappa shape index (κ1) is 15.2. The van der Waals surface area contributed by atoms with Crippen LogP contribution in [0.2, 0.25) is 0 Å². The Morgan fingerprint density at radius 2 is 2.22 bits per heavy atom. The first-order valence-corrected chi connectivity index (χ1v) is 6.03. The molecule has 0 fully saturated rings. The number of benzene rings is 1. The first-order chi connectivity index (χ1) is 8.27. The van der Waals surface area contributed by atoms with Crippen LogP contribution in [-0.2, 0) is 0 Å². The topological polar surface area (TPSA) is 56.6 Å². The minimum absolute atomic E-state index is 0. The molecular formula is C13H20IN3O. The lowest BCUT2D eigenvalue weighted by Gasteiger charge is -2.19. The van der Waals surface area contributed by atoms with Gasteiger partial charge in [0.15, 0.2) is 5.96 Å². The molecule has 0 amide bonds. The van der Waals surface area contributed by atoms with E-state index >= 15 is 0 Å². The Morgan fingerprint density at radius 1 is 1.44 bits per heavy atom. The van der Waals surface area contributed by atoms with Gasteiger partial charge in [0.1, 0.15) is 0 Å². The van der Waals surface area contributed by atoms with Crippen molar-refractivity contribution in [2.75, 3.05) is 19.6 Å². The number of hydrogen-bond donors (Lipinski definition) is 3. The zero-order chi connectivity index (χ0) is 12.1. The van der Waals surface area contributed by atoms with Crippen molar-refractivity contribution in [3.05, 3.63) is 35.4 Å².